The van der Waals surface area contributed by atoms with Gasteiger partial charge in [0.2, 0.25) is 0 Å². The predicted molar refractivity (Wildman–Crippen MR) is 62.9 cm³/mol. The van der Waals surface area contributed by atoms with E-state index in [1.165, 1.54) is 4.90 Å². The van der Waals surface area contributed by atoms with Crippen molar-refractivity contribution < 1.29 is 9.53 Å². The standard InChI is InChI=1S/C11H14BrNO2/c1-8(11(14)13(2)3)15-10-6-4-9(12)5-7-10/h4-8H,1-3H3. The minimum absolute atomic E-state index is 0.0436. The van der Waals surface area contributed by atoms with Crippen molar-refractivity contribution in [1.29, 1.82) is 0 Å². The summed E-state index contributed by atoms with van der Waals surface area (Å²) in [5, 5.41) is 0. The Balaban J connectivity index is 2.62. The monoisotopic (exact) mass is 271 g/mol. The van der Waals surface area contributed by atoms with E-state index in [2.05, 4.69) is 15.9 Å². The average Bonchev–Trinajstić information content (AvgIpc) is 2.20. The first-order valence-corrected chi connectivity index (χ1v) is 5.43. The number of benzene rings is 1. The summed E-state index contributed by atoms with van der Waals surface area (Å²) in [7, 11) is 3.42. The summed E-state index contributed by atoms with van der Waals surface area (Å²) in [5.41, 5.74) is 0. The lowest BCUT2D eigenvalue weighted by molar-refractivity contribution is -0.135. The minimum Gasteiger partial charge on any atom is -0.481 e. The number of halogens is 1. The number of nitrogens with zero attached hydrogens (tertiary/aromatic N) is 1. The molecule has 1 aromatic carbocycles. The number of likely N-dealkylation sites (N-methyl/N-ethyl adjacent to an activating group) is 1. The summed E-state index contributed by atoms with van der Waals surface area (Å²) in [5.74, 6) is 0.652. The van der Waals surface area contributed by atoms with Crippen LogP contribution in [0.5, 0.6) is 5.75 Å². The maximum absolute atomic E-state index is 11.5. The maximum atomic E-state index is 11.5. The maximum Gasteiger partial charge on any atom is 0.262 e. The van der Waals surface area contributed by atoms with Crippen LogP contribution in [-0.2, 0) is 4.79 Å². The summed E-state index contributed by atoms with van der Waals surface area (Å²) in [4.78, 5) is 13.0. The van der Waals surface area contributed by atoms with Crippen molar-refractivity contribution in [3.05, 3.63) is 28.7 Å². The van der Waals surface area contributed by atoms with E-state index in [4.69, 9.17) is 4.74 Å². The van der Waals surface area contributed by atoms with Crippen LogP contribution in [0.1, 0.15) is 6.92 Å². The zero-order chi connectivity index (χ0) is 11.4. The van der Waals surface area contributed by atoms with Crippen LogP contribution in [0.3, 0.4) is 0 Å². The molecule has 0 saturated heterocycles. The molecule has 1 rings (SSSR count). The van der Waals surface area contributed by atoms with Gasteiger partial charge in [-0.1, -0.05) is 15.9 Å². The van der Waals surface area contributed by atoms with Gasteiger partial charge in [-0.15, -0.1) is 0 Å². The van der Waals surface area contributed by atoms with Crippen LogP contribution in [-0.4, -0.2) is 31.0 Å². The van der Waals surface area contributed by atoms with Crippen LogP contribution in [0.2, 0.25) is 0 Å². The molecule has 0 N–H and O–H groups in total. The Bertz CT molecular complexity index is 335. The van der Waals surface area contributed by atoms with Gasteiger partial charge in [0.1, 0.15) is 5.75 Å². The molecule has 0 spiro atoms. The van der Waals surface area contributed by atoms with Crippen LogP contribution in [0.4, 0.5) is 0 Å². The summed E-state index contributed by atoms with van der Waals surface area (Å²) >= 11 is 3.33. The van der Waals surface area contributed by atoms with Crippen molar-refractivity contribution in [2.45, 2.75) is 13.0 Å². The number of carbonyl (C=O) groups is 1. The molecule has 3 nitrogen and oxygen atoms in total. The van der Waals surface area contributed by atoms with Crippen molar-refractivity contribution in [3.8, 4) is 5.75 Å². The average molecular weight is 272 g/mol. The molecular weight excluding hydrogens is 258 g/mol. The van der Waals surface area contributed by atoms with Gasteiger partial charge in [-0.25, -0.2) is 0 Å². The number of rotatable bonds is 3. The van der Waals surface area contributed by atoms with Gasteiger partial charge < -0.3 is 9.64 Å². The molecule has 4 heteroatoms. The van der Waals surface area contributed by atoms with Crippen molar-refractivity contribution in [1.82, 2.24) is 4.90 Å². The zero-order valence-electron chi connectivity index (χ0n) is 9.03. The summed E-state index contributed by atoms with van der Waals surface area (Å²) in [6.45, 7) is 1.74. The van der Waals surface area contributed by atoms with Gasteiger partial charge >= 0.3 is 0 Å². The Morgan fingerprint density at radius 2 is 1.87 bits per heavy atom. The number of carbonyl (C=O) groups excluding carboxylic acids is 1. The molecule has 1 amide bonds. The molecule has 0 aliphatic heterocycles. The van der Waals surface area contributed by atoms with Crippen molar-refractivity contribution in [2.75, 3.05) is 14.1 Å². The van der Waals surface area contributed by atoms with Crippen molar-refractivity contribution in [3.63, 3.8) is 0 Å². The highest BCUT2D eigenvalue weighted by molar-refractivity contribution is 9.10. The van der Waals surface area contributed by atoms with Gasteiger partial charge in [0.05, 0.1) is 0 Å². The molecule has 0 saturated carbocycles. The Labute approximate surface area is 98.2 Å². The van der Waals surface area contributed by atoms with Crippen molar-refractivity contribution >= 4 is 21.8 Å². The fourth-order valence-electron chi connectivity index (χ4n) is 1.13. The molecule has 0 aliphatic rings. The Morgan fingerprint density at radius 1 is 1.33 bits per heavy atom. The summed E-state index contributed by atoms with van der Waals surface area (Å²) in [6.07, 6.45) is -0.457. The third-order valence-corrected chi connectivity index (χ3v) is 2.44. The van der Waals surface area contributed by atoms with E-state index in [1.54, 1.807) is 21.0 Å². The molecule has 1 unspecified atom stereocenters. The quantitative estimate of drug-likeness (QED) is 0.845. The first-order valence-electron chi connectivity index (χ1n) is 4.64. The molecule has 0 aliphatic carbocycles. The van der Waals surface area contributed by atoms with Crippen LogP contribution in [0.25, 0.3) is 0 Å². The molecule has 82 valence electrons. The number of hydrogen-bond acceptors (Lipinski definition) is 2. The molecule has 0 radical (unpaired) electrons. The van der Waals surface area contributed by atoms with E-state index in [1.807, 2.05) is 24.3 Å². The fraction of sp³-hybridized carbons (Fsp3) is 0.364. The predicted octanol–water partition coefficient (Wildman–Crippen LogP) is 2.30. The van der Waals surface area contributed by atoms with Crippen molar-refractivity contribution in [2.24, 2.45) is 0 Å². The first kappa shape index (κ1) is 12.0. The molecular formula is C11H14BrNO2. The topological polar surface area (TPSA) is 29.5 Å². The van der Waals surface area contributed by atoms with E-state index < -0.39 is 6.10 Å². The minimum atomic E-state index is -0.457. The molecule has 15 heavy (non-hydrogen) atoms. The van der Waals surface area contributed by atoms with E-state index in [9.17, 15) is 4.79 Å². The third kappa shape index (κ3) is 3.55. The smallest absolute Gasteiger partial charge is 0.262 e. The molecule has 1 aromatic rings. The lowest BCUT2D eigenvalue weighted by Gasteiger charge is -2.18. The number of hydrogen-bond donors (Lipinski definition) is 0. The molecule has 0 heterocycles. The Hall–Kier alpha value is -1.03. The highest BCUT2D eigenvalue weighted by Gasteiger charge is 2.15. The van der Waals surface area contributed by atoms with Crippen LogP contribution >= 0.6 is 15.9 Å². The molecule has 0 aromatic heterocycles. The summed E-state index contributed by atoms with van der Waals surface area (Å²) in [6, 6.07) is 7.40. The Kier molecular flexibility index (Phi) is 4.15. The van der Waals surface area contributed by atoms with E-state index in [0.29, 0.717) is 5.75 Å². The SMILES string of the molecule is CC(Oc1ccc(Br)cc1)C(=O)N(C)C. The fourth-order valence-corrected chi connectivity index (χ4v) is 1.40. The van der Waals surface area contributed by atoms with E-state index >= 15 is 0 Å². The van der Waals surface area contributed by atoms with Gasteiger partial charge in [-0.05, 0) is 31.2 Å². The van der Waals surface area contributed by atoms with Crippen LogP contribution in [0, 0.1) is 0 Å². The third-order valence-electron chi connectivity index (χ3n) is 1.92. The number of amides is 1. The Morgan fingerprint density at radius 3 is 2.33 bits per heavy atom. The zero-order valence-corrected chi connectivity index (χ0v) is 10.6. The van der Waals surface area contributed by atoms with E-state index in [0.717, 1.165) is 4.47 Å². The summed E-state index contributed by atoms with van der Waals surface area (Å²) < 4.78 is 6.47. The lowest BCUT2D eigenvalue weighted by Crippen LogP contribution is -2.35. The first-order chi connectivity index (χ1) is 7.00. The molecule has 1 atom stereocenters. The second-order valence-corrected chi connectivity index (χ2v) is 4.36. The van der Waals surface area contributed by atoms with E-state index in [-0.39, 0.29) is 5.91 Å². The van der Waals surface area contributed by atoms with Gasteiger partial charge in [0.25, 0.3) is 5.91 Å². The second kappa shape index (κ2) is 5.16. The van der Waals surface area contributed by atoms with Gasteiger partial charge in [-0.3, -0.25) is 4.79 Å². The second-order valence-electron chi connectivity index (χ2n) is 3.45. The molecule has 0 bridgehead atoms. The van der Waals surface area contributed by atoms with Gasteiger partial charge in [-0.2, -0.15) is 0 Å². The normalized spacial score (nSPS) is 12.0. The number of ether oxygens (including phenoxy) is 1. The van der Waals surface area contributed by atoms with Gasteiger partial charge in [0, 0.05) is 18.6 Å². The highest BCUT2D eigenvalue weighted by atomic mass is 79.9. The highest BCUT2D eigenvalue weighted by Crippen LogP contribution is 2.17. The van der Waals surface area contributed by atoms with Crippen LogP contribution in [0.15, 0.2) is 28.7 Å². The lowest BCUT2D eigenvalue weighted by atomic mass is 10.3. The van der Waals surface area contributed by atoms with Gasteiger partial charge in [0.15, 0.2) is 6.10 Å². The molecule has 0 fully saturated rings. The van der Waals surface area contributed by atoms with Crippen LogP contribution < -0.4 is 4.74 Å². The largest absolute Gasteiger partial charge is 0.481 e.